The van der Waals surface area contributed by atoms with Crippen molar-refractivity contribution in [3.05, 3.63) is 76.1 Å². The van der Waals surface area contributed by atoms with Crippen molar-refractivity contribution >= 4 is 11.6 Å². The molecule has 30 heavy (non-hydrogen) atoms. The smallest absolute Gasteiger partial charge is 0.149 e. The second kappa shape index (κ2) is 9.58. The van der Waals surface area contributed by atoms with Crippen molar-refractivity contribution < 1.29 is 9.13 Å². The Balaban J connectivity index is 1.32. The number of fused-ring (bicyclic) bond motifs is 1. The summed E-state index contributed by atoms with van der Waals surface area (Å²) >= 11 is 6.05. The van der Waals surface area contributed by atoms with Gasteiger partial charge in [0.2, 0.25) is 0 Å². The molecule has 1 aliphatic rings. The average molecular weight is 429 g/mol. The number of rotatable bonds is 7. The van der Waals surface area contributed by atoms with Gasteiger partial charge in [-0.05, 0) is 49.6 Å². The van der Waals surface area contributed by atoms with Gasteiger partial charge in [0.05, 0.1) is 11.1 Å². The van der Waals surface area contributed by atoms with E-state index in [0.29, 0.717) is 22.9 Å². The number of hydrogen-bond acceptors (Lipinski definition) is 4. The highest BCUT2D eigenvalue weighted by Crippen LogP contribution is 2.22. The summed E-state index contributed by atoms with van der Waals surface area (Å²) in [5.41, 5.74) is 1.50. The van der Waals surface area contributed by atoms with Crippen molar-refractivity contribution in [1.82, 2.24) is 20.1 Å². The zero-order valence-electron chi connectivity index (χ0n) is 17.1. The molecule has 0 spiro atoms. The average Bonchev–Trinajstić information content (AvgIpc) is 3.01. The fraction of sp³-hybridized carbons (Fsp3) is 0.391. The fourth-order valence-electron chi connectivity index (χ4n) is 3.72. The van der Waals surface area contributed by atoms with Crippen LogP contribution in [0.3, 0.4) is 0 Å². The monoisotopic (exact) mass is 428 g/mol. The standard InChI is InChI=1S/C23H26ClFN4O/c1-16(23-28-27-22-8-3-2-4-13-29(22)23)26-14-17-9-11-18(12-10-17)30-15-19-20(24)6-5-7-21(19)25/h5-7,9-12,16,26H,2-4,8,13-15H2,1H3. The largest absolute Gasteiger partial charge is 0.489 e. The third-order valence-electron chi connectivity index (χ3n) is 5.51. The number of benzene rings is 2. The Morgan fingerprint density at radius 1 is 1.13 bits per heavy atom. The maximum absolute atomic E-state index is 13.9. The molecular formula is C23H26ClFN4O. The van der Waals surface area contributed by atoms with E-state index < -0.39 is 0 Å². The van der Waals surface area contributed by atoms with E-state index in [2.05, 4.69) is 27.0 Å². The Hall–Kier alpha value is -2.44. The molecule has 0 saturated heterocycles. The van der Waals surface area contributed by atoms with Crippen molar-refractivity contribution in [3.63, 3.8) is 0 Å². The predicted molar refractivity (Wildman–Crippen MR) is 115 cm³/mol. The fourth-order valence-corrected chi connectivity index (χ4v) is 3.94. The van der Waals surface area contributed by atoms with Crippen molar-refractivity contribution in [2.24, 2.45) is 0 Å². The Kier molecular flexibility index (Phi) is 6.65. The molecule has 0 aliphatic carbocycles. The minimum Gasteiger partial charge on any atom is -0.489 e. The lowest BCUT2D eigenvalue weighted by atomic mass is 10.2. The van der Waals surface area contributed by atoms with E-state index in [0.717, 1.165) is 30.2 Å². The lowest BCUT2D eigenvalue weighted by Crippen LogP contribution is -2.22. The Labute approximate surface area is 181 Å². The predicted octanol–water partition coefficient (Wildman–Crippen LogP) is 5.23. The van der Waals surface area contributed by atoms with Crippen LogP contribution in [0.5, 0.6) is 5.75 Å². The van der Waals surface area contributed by atoms with Crippen LogP contribution in [0.15, 0.2) is 42.5 Å². The minimum atomic E-state index is -0.358. The number of aromatic nitrogens is 3. The molecule has 1 unspecified atom stereocenters. The first kappa shape index (κ1) is 20.8. The molecule has 0 fully saturated rings. The van der Waals surface area contributed by atoms with Gasteiger partial charge in [0.1, 0.15) is 29.8 Å². The van der Waals surface area contributed by atoms with Gasteiger partial charge in [0.15, 0.2) is 0 Å². The Morgan fingerprint density at radius 2 is 1.97 bits per heavy atom. The van der Waals surface area contributed by atoms with Crippen LogP contribution in [0.25, 0.3) is 0 Å². The Bertz CT molecular complexity index is 969. The number of ether oxygens (including phenoxy) is 1. The summed E-state index contributed by atoms with van der Waals surface area (Å²) in [5, 5.41) is 12.7. The van der Waals surface area contributed by atoms with Gasteiger partial charge < -0.3 is 14.6 Å². The molecule has 3 aromatic rings. The summed E-state index contributed by atoms with van der Waals surface area (Å²) < 4.78 is 21.8. The molecule has 0 saturated carbocycles. The van der Waals surface area contributed by atoms with Crippen LogP contribution in [0.4, 0.5) is 4.39 Å². The maximum atomic E-state index is 13.9. The van der Waals surface area contributed by atoms with Gasteiger partial charge >= 0.3 is 0 Å². The van der Waals surface area contributed by atoms with Crippen LogP contribution in [-0.4, -0.2) is 14.8 Å². The highest BCUT2D eigenvalue weighted by Gasteiger charge is 2.18. The SMILES string of the molecule is CC(NCc1ccc(OCc2c(F)cccc2Cl)cc1)c1nnc2n1CCCCC2. The van der Waals surface area contributed by atoms with Gasteiger partial charge in [0.25, 0.3) is 0 Å². The van der Waals surface area contributed by atoms with Crippen LogP contribution in [0.1, 0.15) is 55.0 Å². The van der Waals surface area contributed by atoms with Gasteiger partial charge in [-0.1, -0.05) is 36.2 Å². The number of aryl methyl sites for hydroxylation is 1. The lowest BCUT2D eigenvalue weighted by Gasteiger charge is -2.15. The van der Waals surface area contributed by atoms with Crippen LogP contribution in [0.2, 0.25) is 5.02 Å². The lowest BCUT2D eigenvalue weighted by molar-refractivity contribution is 0.300. The summed E-state index contributed by atoms with van der Waals surface area (Å²) in [7, 11) is 0. The molecule has 1 aromatic heterocycles. The molecule has 0 radical (unpaired) electrons. The van der Waals surface area contributed by atoms with Crippen molar-refractivity contribution in [3.8, 4) is 5.75 Å². The van der Waals surface area contributed by atoms with Gasteiger partial charge in [-0.15, -0.1) is 10.2 Å². The first-order valence-corrected chi connectivity index (χ1v) is 10.8. The first-order chi connectivity index (χ1) is 14.6. The van der Waals surface area contributed by atoms with Crippen molar-refractivity contribution in [1.29, 1.82) is 0 Å². The second-order valence-corrected chi connectivity index (χ2v) is 8.08. The molecule has 4 rings (SSSR count). The highest BCUT2D eigenvalue weighted by atomic mass is 35.5. The molecule has 1 N–H and O–H groups in total. The second-order valence-electron chi connectivity index (χ2n) is 7.67. The summed E-state index contributed by atoms with van der Waals surface area (Å²) in [6.07, 6.45) is 4.64. The summed E-state index contributed by atoms with van der Waals surface area (Å²) in [6, 6.07) is 12.5. The molecule has 2 aromatic carbocycles. The summed E-state index contributed by atoms with van der Waals surface area (Å²) in [5.74, 6) is 2.43. The topological polar surface area (TPSA) is 52.0 Å². The van der Waals surface area contributed by atoms with Crippen LogP contribution in [0, 0.1) is 5.82 Å². The molecule has 158 valence electrons. The molecule has 7 heteroatoms. The van der Waals surface area contributed by atoms with Crippen LogP contribution in [-0.2, 0) is 26.1 Å². The number of halogens is 2. The van der Waals surface area contributed by atoms with E-state index in [-0.39, 0.29) is 18.5 Å². The van der Waals surface area contributed by atoms with Gasteiger partial charge in [-0.3, -0.25) is 0 Å². The third-order valence-corrected chi connectivity index (χ3v) is 5.86. The van der Waals surface area contributed by atoms with Gasteiger partial charge in [0, 0.05) is 25.1 Å². The molecular weight excluding hydrogens is 403 g/mol. The molecule has 1 aliphatic heterocycles. The van der Waals surface area contributed by atoms with Gasteiger partial charge in [-0.2, -0.15) is 0 Å². The summed E-state index contributed by atoms with van der Waals surface area (Å²) in [6.45, 7) is 3.93. The molecule has 2 heterocycles. The Morgan fingerprint density at radius 3 is 2.77 bits per heavy atom. The number of nitrogens with one attached hydrogen (secondary N) is 1. The van der Waals surface area contributed by atoms with Crippen molar-refractivity contribution in [2.75, 3.05) is 0 Å². The van der Waals surface area contributed by atoms with Crippen LogP contribution < -0.4 is 10.1 Å². The maximum Gasteiger partial charge on any atom is 0.149 e. The summed E-state index contributed by atoms with van der Waals surface area (Å²) in [4.78, 5) is 0. The highest BCUT2D eigenvalue weighted by molar-refractivity contribution is 6.31. The number of hydrogen-bond donors (Lipinski definition) is 1. The molecule has 1 atom stereocenters. The quantitative estimate of drug-likeness (QED) is 0.560. The van der Waals surface area contributed by atoms with E-state index in [1.54, 1.807) is 12.1 Å². The van der Waals surface area contributed by atoms with E-state index in [9.17, 15) is 4.39 Å². The van der Waals surface area contributed by atoms with Crippen LogP contribution >= 0.6 is 11.6 Å². The van der Waals surface area contributed by atoms with E-state index >= 15 is 0 Å². The zero-order valence-corrected chi connectivity index (χ0v) is 17.8. The first-order valence-electron chi connectivity index (χ1n) is 10.4. The van der Waals surface area contributed by atoms with E-state index in [1.165, 1.54) is 25.3 Å². The van der Waals surface area contributed by atoms with Gasteiger partial charge in [-0.25, -0.2) is 4.39 Å². The van der Waals surface area contributed by atoms with Crippen molar-refractivity contribution in [2.45, 2.75) is 58.3 Å². The van der Waals surface area contributed by atoms with E-state index in [4.69, 9.17) is 16.3 Å². The molecule has 5 nitrogen and oxygen atoms in total. The third kappa shape index (κ3) is 4.82. The number of nitrogens with zero attached hydrogens (tertiary/aromatic N) is 3. The normalized spacial score (nSPS) is 14.8. The molecule has 0 bridgehead atoms. The zero-order chi connectivity index (χ0) is 20.9. The van der Waals surface area contributed by atoms with E-state index in [1.807, 2.05) is 24.3 Å². The minimum absolute atomic E-state index is 0.0954. The molecule has 0 amide bonds.